The van der Waals surface area contributed by atoms with E-state index in [4.69, 9.17) is 14.5 Å². The van der Waals surface area contributed by atoms with E-state index in [1.807, 2.05) is 13.8 Å². The van der Waals surface area contributed by atoms with Crippen LogP contribution in [-0.4, -0.2) is 49.3 Å². The molecule has 162 valence electrons. The lowest BCUT2D eigenvalue weighted by molar-refractivity contribution is 0.0340. The molecule has 0 radical (unpaired) electrons. The number of hydrogen-bond acceptors (Lipinski definition) is 5. The van der Waals surface area contributed by atoms with Gasteiger partial charge in [-0.25, -0.2) is 9.18 Å². The van der Waals surface area contributed by atoms with Gasteiger partial charge in [-0.05, 0) is 35.1 Å². The zero-order chi connectivity index (χ0) is 21.8. The summed E-state index contributed by atoms with van der Waals surface area (Å²) in [6, 6.07) is 6.32. The molecule has 1 saturated heterocycles. The number of benzene rings is 1. The average Bonchev–Trinajstić information content (AvgIpc) is 2.73. The van der Waals surface area contributed by atoms with E-state index in [1.54, 1.807) is 12.1 Å². The monoisotopic (exact) mass is 414 g/mol. The fraction of sp³-hybridized carbons (Fsp3) is 0.500. The van der Waals surface area contributed by atoms with Gasteiger partial charge in [-0.3, -0.25) is 9.88 Å². The molecule has 0 unspecified atom stereocenters. The molecule has 5 nitrogen and oxygen atoms in total. The van der Waals surface area contributed by atoms with Crippen molar-refractivity contribution in [1.82, 2.24) is 9.88 Å². The van der Waals surface area contributed by atoms with Crippen molar-refractivity contribution in [2.75, 3.05) is 33.4 Å². The number of methoxy groups -OCH3 is 1. The SMILES string of the molecule is COC(=O)c1c(C(C)C)nc(C(C)C)c(CN2CCOCC2)c1-c1ccc(F)cc1. The molecule has 1 fully saturated rings. The van der Waals surface area contributed by atoms with Crippen molar-refractivity contribution in [1.29, 1.82) is 0 Å². The largest absolute Gasteiger partial charge is 0.465 e. The average molecular weight is 415 g/mol. The van der Waals surface area contributed by atoms with Crippen LogP contribution in [-0.2, 0) is 16.0 Å². The van der Waals surface area contributed by atoms with Crippen molar-refractivity contribution in [2.45, 2.75) is 46.1 Å². The fourth-order valence-electron chi connectivity index (χ4n) is 3.94. The van der Waals surface area contributed by atoms with Gasteiger partial charge < -0.3 is 9.47 Å². The zero-order valence-corrected chi connectivity index (χ0v) is 18.5. The lowest BCUT2D eigenvalue weighted by Gasteiger charge is -2.30. The van der Waals surface area contributed by atoms with Crippen LogP contribution in [0.4, 0.5) is 4.39 Å². The highest BCUT2D eigenvalue weighted by Gasteiger charge is 2.29. The van der Waals surface area contributed by atoms with Gasteiger partial charge in [0.25, 0.3) is 0 Å². The van der Waals surface area contributed by atoms with Crippen LogP contribution in [0.1, 0.15) is 66.8 Å². The number of halogens is 1. The molecular weight excluding hydrogens is 383 g/mol. The molecule has 0 spiro atoms. The number of esters is 1. The molecule has 1 aliphatic rings. The summed E-state index contributed by atoms with van der Waals surface area (Å²) in [5.41, 5.74) is 4.77. The van der Waals surface area contributed by atoms with E-state index < -0.39 is 5.97 Å². The topological polar surface area (TPSA) is 51.7 Å². The summed E-state index contributed by atoms with van der Waals surface area (Å²) in [5.74, 6) is -0.517. The third-order valence-electron chi connectivity index (χ3n) is 5.46. The standard InChI is InChI=1S/C24H31FN2O3/c1-15(2)22-19(14-27-10-12-30-13-11-27)20(17-6-8-18(25)9-7-17)21(24(28)29-5)23(26-22)16(3)4/h6-9,15-16H,10-14H2,1-5H3. The van der Waals surface area contributed by atoms with Gasteiger partial charge in [0.1, 0.15) is 5.82 Å². The Morgan fingerprint density at radius 1 is 1.10 bits per heavy atom. The van der Waals surface area contributed by atoms with E-state index in [9.17, 15) is 9.18 Å². The van der Waals surface area contributed by atoms with Crippen molar-refractivity contribution in [3.8, 4) is 11.1 Å². The quantitative estimate of drug-likeness (QED) is 0.639. The highest BCUT2D eigenvalue weighted by molar-refractivity contribution is 5.99. The van der Waals surface area contributed by atoms with Crippen LogP contribution in [0.15, 0.2) is 24.3 Å². The number of hydrogen-bond donors (Lipinski definition) is 0. The van der Waals surface area contributed by atoms with Crippen LogP contribution < -0.4 is 0 Å². The maximum atomic E-state index is 13.7. The second-order valence-electron chi connectivity index (χ2n) is 8.31. The fourth-order valence-corrected chi connectivity index (χ4v) is 3.94. The lowest BCUT2D eigenvalue weighted by atomic mass is 9.86. The number of morpholine rings is 1. The Kier molecular flexibility index (Phi) is 7.21. The molecular formula is C24H31FN2O3. The third-order valence-corrected chi connectivity index (χ3v) is 5.46. The Morgan fingerprint density at radius 2 is 1.70 bits per heavy atom. The number of aromatic nitrogens is 1. The van der Waals surface area contributed by atoms with E-state index in [-0.39, 0.29) is 17.7 Å². The molecule has 0 N–H and O–H groups in total. The van der Waals surface area contributed by atoms with Crippen LogP contribution in [0.2, 0.25) is 0 Å². The minimum atomic E-state index is -0.413. The molecule has 0 bridgehead atoms. The van der Waals surface area contributed by atoms with Gasteiger partial charge in [-0.1, -0.05) is 39.8 Å². The minimum Gasteiger partial charge on any atom is -0.465 e. The van der Waals surface area contributed by atoms with Gasteiger partial charge in [-0.15, -0.1) is 0 Å². The molecule has 2 heterocycles. The Morgan fingerprint density at radius 3 is 2.23 bits per heavy atom. The Hall–Kier alpha value is -2.31. The Bertz CT molecular complexity index is 888. The Labute approximate surface area is 178 Å². The van der Waals surface area contributed by atoms with Crippen molar-refractivity contribution in [2.24, 2.45) is 0 Å². The first-order chi connectivity index (χ1) is 14.3. The molecule has 6 heteroatoms. The third kappa shape index (κ3) is 4.71. The van der Waals surface area contributed by atoms with Crippen LogP contribution >= 0.6 is 0 Å². The van der Waals surface area contributed by atoms with Gasteiger partial charge >= 0.3 is 5.97 Å². The summed E-state index contributed by atoms with van der Waals surface area (Å²) in [6.45, 7) is 11.9. The normalized spacial score (nSPS) is 15.1. The summed E-state index contributed by atoms with van der Waals surface area (Å²) in [5, 5.41) is 0. The smallest absolute Gasteiger partial charge is 0.340 e. The highest BCUT2D eigenvalue weighted by atomic mass is 19.1. The first kappa shape index (κ1) is 22.4. The first-order valence-corrected chi connectivity index (χ1v) is 10.5. The predicted molar refractivity (Wildman–Crippen MR) is 115 cm³/mol. The second-order valence-corrected chi connectivity index (χ2v) is 8.31. The zero-order valence-electron chi connectivity index (χ0n) is 18.5. The van der Waals surface area contributed by atoms with E-state index >= 15 is 0 Å². The number of carbonyl (C=O) groups excluding carboxylic acids is 1. The van der Waals surface area contributed by atoms with Crippen molar-refractivity contribution >= 4 is 5.97 Å². The number of rotatable bonds is 6. The summed E-state index contributed by atoms with van der Waals surface area (Å²) in [4.78, 5) is 20.2. The predicted octanol–water partition coefficient (Wildman–Crippen LogP) is 4.75. The maximum Gasteiger partial charge on any atom is 0.340 e. The molecule has 0 saturated carbocycles. The maximum absolute atomic E-state index is 13.7. The highest BCUT2D eigenvalue weighted by Crippen LogP contribution is 2.37. The molecule has 0 aliphatic carbocycles. The van der Waals surface area contributed by atoms with Crippen LogP contribution in [0, 0.1) is 5.82 Å². The van der Waals surface area contributed by atoms with E-state index in [0.29, 0.717) is 25.3 Å². The lowest BCUT2D eigenvalue weighted by Crippen LogP contribution is -2.36. The molecule has 3 rings (SSSR count). The number of nitrogens with zero attached hydrogens (tertiary/aromatic N) is 2. The first-order valence-electron chi connectivity index (χ1n) is 10.5. The van der Waals surface area contributed by atoms with Gasteiger partial charge in [0.05, 0.1) is 31.6 Å². The number of pyridine rings is 1. The molecule has 1 aromatic heterocycles. The molecule has 1 aliphatic heterocycles. The van der Waals surface area contributed by atoms with Gasteiger partial charge in [0.2, 0.25) is 0 Å². The van der Waals surface area contributed by atoms with Crippen molar-refractivity contribution in [3.05, 3.63) is 52.6 Å². The summed E-state index contributed by atoms with van der Waals surface area (Å²) in [6.07, 6.45) is 0. The van der Waals surface area contributed by atoms with E-state index in [1.165, 1.54) is 19.2 Å². The van der Waals surface area contributed by atoms with E-state index in [0.717, 1.165) is 41.2 Å². The molecule has 0 atom stereocenters. The van der Waals surface area contributed by atoms with E-state index in [2.05, 4.69) is 18.7 Å². The van der Waals surface area contributed by atoms with Crippen molar-refractivity contribution < 1.29 is 18.7 Å². The minimum absolute atomic E-state index is 0.0354. The van der Waals surface area contributed by atoms with Gasteiger partial charge in [-0.2, -0.15) is 0 Å². The number of carbonyl (C=O) groups is 1. The summed E-state index contributed by atoms with van der Waals surface area (Å²) in [7, 11) is 1.39. The second kappa shape index (κ2) is 9.67. The molecule has 0 amide bonds. The molecule has 2 aromatic rings. The van der Waals surface area contributed by atoms with Crippen molar-refractivity contribution in [3.63, 3.8) is 0 Å². The van der Waals surface area contributed by atoms with Crippen LogP contribution in [0.3, 0.4) is 0 Å². The summed E-state index contributed by atoms with van der Waals surface area (Å²) >= 11 is 0. The van der Waals surface area contributed by atoms with Gasteiger partial charge in [0.15, 0.2) is 0 Å². The van der Waals surface area contributed by atoms with Gasteiger partial charge in [0, 0.05) is 30.9 Å². The number of ether oxygens (including phenoxy) is 2. The Balaban J connectivity index is 2.32. The van der Waals surface area contributed by atoms with Crippen LogP contribution in [0.5, 0.6) is 0 Å². The summed E-state index contributed by atoms with van der Waals surface area (Å²) < 4.78 is 24.4. The molecule has 1 aromatic carbocycles. The van der Waals surface area contributed by atoms with Crippen LogP contribution in [0.25, 0.3) is 11.1 Å². The molecule has 30 heavy (non-hydrogen) atoms.